The minimum Gasteiger partial charge on any atom is -0.477 e. The van der Waals surface area contributed by atoms with E-state index in [1.54, 1.807) is 0 Å². The van der Waals surface area contributed by atoms with Crippen LogP contribution in [-0.4, -0.2) is 87.4 Å². The van der Waals surface area contributed by atoms with Gasteiger partial charge in [0.2, 0.25) is 0 Å². The Morgan fingerprint density at radius 2 is 0.633 bits per heavy atom. The van der Waals surface area contributed by atoms with Crippen molar-refractivity contribution in [1.29, 1.82) is 0 Å². The number of quaternary nitrogens is 1. The predicted molar refractivity (Wildman–Crippen MR) is 387 cm³/mol. The lowest BCUT2D eigenvalue weighted by Gasteiger charge is -2.25. The fourth-order valence-electron chi connectivity index (χ4n) is 11.9. The van der Waals surface area contributed by atoms with Crippen molar-refractivity contribution in [3.8, 4) is 0 Å². The number of esters is 2. The van der Waals surface area contributed by atoms with Gasteiger partial charge in [-0.25, -0.2) is 4.79 Å². The first-order valence-corrected chi connectivity index (χ1v) is 39.3. The van der Waals surface area contributed by atoms with E-state index in [1.165, 1.54) is 302 Å². The summed E-state index contributed by atoms with van der Waals surface area (Å²) in [4.78, 5) is 37.7. The van der Waals surface area contributed by atoms with Gasteiger partial charge in [-0.05, 0) is 51.4 Å². The largest absolute Gasteiger partial charge is 0.477 e. The van der Waals surface area contributed by atoms with Crippen LogP contribution in [-0.2, 0) is 33.3 Å². The normalized spacial score (nSPS) is 12.9. The van der Waals surface area contributed by atoms with Crippen LogP contribution in [0, 0.1) is 0 Å². The third-order valence-corrected chi connectivity index (χ3v) is 17.8. The summed E-state index contributed by atoms with van der Waals surface area (Å²) in [6.45, 7) is 4.84. The van der Waals surface area contributed by atoms with E-state index in [9.17, 15) is 19.5 Å². The van der Waals surface area contributed by atoms with Crippen molar-refractivity contribution in [1.82, 2.24) is 0 Å². The van der Waals surface area contributed by atoms with Crippen LogP contribution in [0.25, 0.3) is 0 Å². The number of carbonyl (C=O) groups excluding carboxylic acids is 2. The minimum atomic E-state index is -1.51. The van der Waals surface area contributed by atoms with E-state index in [0.717, 1.165) is 64.2 Å². The first-order chi connectivity index (χ1) is 44.1. The van der Waals surface area contributed by atoms with E-state index in [1.807, 2.05) is 21.1 Å². The number of carboxylic acid groups (broad SMARTS) is 1. The lowest BCUT2D eigenvalue weighted by molar-refractivity contribution is -0.870. The van der Waals surface area contributed by atoms with E-state index in [0.29, 0.717) is 17.4 Å². The fourth-order valence-corrected chi connectivity index (χ4v) is 11.9. The Morgan fingerprint density at radius 1 is 0.344 bits per heavy atom. The van der Waals surface area contributed by atoms with Gasteiger partial charge >= 0.3 is 17.9 Å². The monoisotopic (exact) mass is 1270 g/mol. The molecule has 9 heteroatoms. The predicted octanol–water partition coefficient (Wildman–Crippen LogP) is 24.9. The summed E-state index contributed by atoms with van der Waals surface area (Å²) in [5, 5.41) is 9.77. The number of hydrogen-bond acceptors (Lipinski definition) is 7. The molecule has 0 fully saturated rings. The Balaban J connectivity index is 3.97. The van der Waals surface area contributed by atoms with Crippen molar-refractivity contribution < 1.29 is 42.9 Å². The van der Waals surface area contributed by atoms with Crippen LogP contribution in [0.5, 0.6) is 0 Å². The smallest absolute Gasteiger partial charge is 0.361 e. The molecule has 0 aliphatic rings. The Hall–Kier alpha value is -2.75. The standard InChI is InChI=1S/C81H151NO8/c1-6-8-10-12-14-16-18-20-22-24-26-28-30-32-34-36-37-38-39-40-41-42-44-45-47-49-51-53-55-57-59-61-63-65-67-69-71-78(83)88-75-77(76-89-81(80(85)86)87-74-73-82(3,4)5)90-79(84)72-70-68-66-64-62-60-58-56-54-52-50-48-46-43-35-33-31-29-27-25-23-21-19-17-15-13-11-9-7-2/h9,11,15,17,21,23,27,29,77,81H,6-8,10,12-14,16,18-20,22,24-26,28,30-76H2,1-5H3/p+1/b11-9-,17-15-,23-21-,29-27-. The van der Waals surface area contributed by atoms with E-state index in [2.05, 4.69) is 62.5 Å². The first kappa shape index (κ1) is 87.2. The molecule has 0 rings (SSSR count). The van der Waals surface area contributed by atoms with Crippen LogP contribution < -0.4 is 0 Å². The molecule has 90 heavy (non-hydrogen) atoms. The average Bonchev–Trinajstić information content (AvgIpc) is 3.74. The van der Waals surface area contributed by atoms with Gasteiger partial charge in [-0.15, -0.1) is 0 Å². The molecule has 2 atom stereocenters. The van der Waals surface area contributed by atoms with Gasteiger partial charge in [0.15, 0.2) is 6.10 Å². The second-order valence-electron chi connectivity index (χ2n) is 28.0. The maximum Gasteiger partial charge on any atom is 0.361 e. The van der Waals surface area contributed by atoms with Crippen LogP contribution >= 0.6 is 0 Å². The molecule has 0 saturated heterocycles. The highest BCUT2D eigenvalue weighted by Gasteiger charge is 2.25. The third kappa shape index (κ3) is 72.7. The molecule has 0 aromatic heterocycles. The van der Waals surface area contributed by atoms with E-state index in [4.69, 9.17) is 18.9 Å². The van der Waals surface area contributed by atoms with Gasteiger partial charge in [0.1, 0.15) is 13.2 Å². The van der Waals surface area contributed by atoms with Gasteiger partial charge in [-0.3, -0.25) is 9.59 Å². The molecule has 0 aromatic rings. The minimum absolute atomic E-state index is 0.177. The number of nitrogens with zero attached hydrogens (tertiary/aromatic N) is 1. The fraction of sp³-hybridized carbons (Fsp3) is 0.864. The molecule has 0 aliphatic carbocycles. The van der Waals surface area contributed by atoms with Crippen molar-refractivity contribution in [2.45, 2.75) is 405 Å². The zero-order valence-electron chi connectivity index (χ0n) is 60.6. The molecule has 0 bridgehead atoms. The third-order valence-electron chi connectivity index (χ3n) is 17.8. The van der Waals surface area contributed by atoms with Crippen LogP contribution in [0.4, 0.5) is 0 Å². The summed E-state index contributed by atoms with van der Waals surface area (Å²) in [6, 6.07) is 0. The SMILES string of the molecule is CC/C=C\C/C=C\C/C=C\C/C=C\CCCCCCCCCCCCCCCCCCC(=O)OC(COC(=O)CCCCCCCCCCCCCCCCCCCCCCCCCCCCCCCCCCCCCC)COC(OCC[N+](C)(C)C)C(=O)O. The molecule has 2 unspecified atom stereocenters. The van der Waals surface area contributed by atoms with Crippen LogP contribution in [0.1, 0.15) is 393 Å². The van der Waals surface area contributed by atoms with Crippen molar-refractivity contribution in [2.75, 3.05) is 47.5 Å². The number of aliphatic carboxylic acids is 1. The summed E-state index contributed by atoms with van der Waals surface area (Å²) < 4.78 is 23.1. The van der Waals surface area contributed by atoms with Gasteiger partial charge < -0.3 is 28.5 Å². The molecule has 0 amide bonds. The number of rotatable bonds is 74. The number of ether oxygens (including phenoxy) is 4. The van der Waals surface area contributed by atoms with Crippen molar-refractivity contribution in [3.05, 3.63) is 48.6 Å². The van der Waals surface area contributed by atoms with Crippen LogP contribution in [0.15, 0.2) is 48.6 Å². The maximum absolute atomic E-state index is 13.0. The van der Waals surface area contributed by atoms with Crippen molar-refractivity contribution in [3.63, 3.8) is 0 Å². The molecule has 0 aromatic carbocycles. The molecule has 9 nitrogen and oxygen atoms in total. The Labute approximate surface area is 559 Å². The number of carbonyl (C=O) groups is 3. The van der Waals surface area contributed by atoms with Crippen LogP contribution in [0.3, 0.4) is 0 Å². The summed E-state index contributed by atoms with van der Waals surface area (Å²) >= 11 is 0. The second kappa shape index (κ2) is 72.1. The lowest BCUT2D eigenvalue weighted by Crippen LogP contribution is -2.40. The molecule has 0 spiro atoms. The van der Waals surface area contributed by atoms with E-state index >= 15 is 0 Å². The molecule has 0 radical (unpaired) electrons. The first-order valence-electron chi connectivity index (χ1n) is 39.3. The molecular formula is C81H152NO8+. The number of hydrogen-bond donors (Lipinski definition) is 1. The van der Waals surface area contributed by atoms with E-state index in [-0.39, 0.29) is 38.2 Å². The highest BCUT2D eigenvalue weighted by Crippen LogP contribution is 2.20. The molecule has 528 valence electrons. The van der Waals surface area contributed by atoms with Gasteiger partial charge in [-0.2, -0.15) is 0 Å². The topological polar surface area (TPSA) is 108 Å². The Morgan fingerprint density at radius 3 is 0.944 bits per heavy atom. The van der Waals surface area contributed by atoms with Gasteiger partial charge in [0, 0.05) is 12.8 Å². The zero-order chi connectivity index (χ0) is 65.4. The summed E-state index contributed by atoms with van der Waals surface area (Å²) in [6.07, 6.45) is 91.3. The molecule has 0 saturated carbocycles. The summed E-state index contributed by atoms with van der Waals surface area (Å²) in [7, 11) is 5.99. The zero-order valence-corrected chi connectivity index (χ0v) is 60.6. The summed E-state index contributed by atoms with van der Waals surface area (Å²) in [5.41, 5.74) is 0. The second-order valence-corrected chi connectivity index (χ2v) is 28.0. The molecule has 0 aliphatic heterocycles. The maximum atomic E-state index is 13.0. The highest BCUT2D eigenvalue weighted by molar-refractivity contribution is 5.71. The number of likely N-dealkylation sites (N-methyl/N-ethyl adjacent to an activating group) is 1. The average molecular weight is 1270 g/mol. The number of carboxylic acids is 1. The van der Waals surface area contributed by atoms with E-state index < -0.39 is 18.4 Å². The quantitative estimate of drug-likeness (QED) is 0.0211. The molecule has 0 heterocycles. The van der Waals surface area contributed by atoms with Gasteiger partial charge in [0.05, 0.1) is 34.4 Å². The van der Waals surface area contributed by atoms with Crippen LogP contribution in [0.2, 0.25) is 0 Å². The highest BCUT2D eigenvalue weighted by atomic mass is 16.7. The molecule has 1 N–H and O–H groups in total. The Bertz CT molecular complexity index is 1620. The van der Waals surface area contributed by atoms with Crippen molar-refractivity contribution >= 4 is 17.9 Å². The van der Waals surface area contributed by atoms with Crippen molar-refractivity contribution in [2.24, 2.45) is 0 Å². The van der Waals surface area contributed by atoms with Gasteiger partial charge in [0.25, 0.3) is 6.29 Å². The Kier molecular flexibility index (Phi) is 69.9. The number of allylic oxidation sites excluding steroid dienone is 8. The summed E-state index contributed by atoms with van der Waals surface area (Å²) in [5.74, 6) is -1.98. The lowest BCUT2D eigenvalue weighted by atomic mass is 10.0. The number of unbranched alkanes of at least 4 members (excludes halogenated alkanes) is 51. The molecular weight excluding hydrogens is 1110 g/mol. The van der Waals surface area contributed by atoms with Gasteiger partial charge in [-0.1, -0.05) is 377 Å².